The van der Waals surface area contributed by atoms with Crippen LogP contribution in [0, 0.1) is 3.57 Å². The maximum absolute atomic E-state index is 11.8. The van der Waals surface area contributed by atoms with Crippen LogP contribution in [0.25, 0.3) is 0 Å². The van der Waals surface area contributed by atoms with Crippen LogP contribution in [-0.4, -0.2) is 19.8 Å². The van der Waals surface area contributed by atoms with Gasteiger partial charge in [0.25, 0.3) is 5.56 Å². The Morgan fingerprint density at radius 3 is 2.29 bits per heavy atom. The summed E-state index contributed by atoms with van der Waals surface area (Å²) >= 11 is 1.36. The van der Waals surface area contributed by atoms with Crippen molar-refractivity contribution in [3.8, 4) is 5.88 Å². The van der Waals surface area contributed by atoms with E-state index in [0.29, 0.717) is 6.07 Å². The average molecular weight is 384 g/mol. The van der Waals surface area contributed by atoms with E-state index in [4.69, 9.17) is 5.14 Å². The molecule has 0 amide bonds. The SMILES string of the molecule is NS(=O)(=O)c1c(I)cc(OC(F)(F)F)[nH]c1=O. The fourth-order valence-electron chi connectivity index (χ4n) is 0.939. The highest BCUT2D eigenvalue weighted by molar-refractivity contribution is 14.1. The predicted molar refractivity (Wildman–Crippen MR) is 57.8 cm³/mol. The Morgan fingerprint density at radius 2 is 1.94 bits per heavy atom. The molecule has 0 aliphatic carbocycles. The van der Waals surface area contributed by atoms with Gasteiger partial charge in [0.05, 0.1) is 0 Å². The molecule has 96 valence electrons. The second kappa shape index (κ2) is 4.45. The fourth-order valence-corrected chi connectivity index (χ4v) is 3.03. The molecule has 0 radical (unpaired) electrons. The van der Waals surface area contributed by atoms with Crippen molar-refractivity contribution in [2.45, 2.75) is 11.3 Å². The highest BCUT2D eigenvalue weighted by Crippen LogP contribution is 2.22. The molecule has 17 heavy (non-hydrogen) atoms. The summed E-state index contributed by atoms with van der Waals surface area (Å²) in [7, 11) is -4.31. The Labute approximate surface area is 106 Å². The Kier molecular flexibility index (Phi) is 3.73. The van der Waals surface area contributed by atoms with E-state index in [2.05, 4.69) is 4.74 Å². The van der Waals surface area contributed by atoms with Gasteiger partial charge in [-0.15, -0.1) is 13.2 Å². The van der Waals surface area contributed by atoms with Crippen molar-refractivity contribution < 1.29 is 26.3 Å². The number of primary sulfonamides is 1. The van der Waals surface area contributed by atoms with Crippen LogP contribution in [0.4, 0.5) is 13.2 Å². The normalized spacial score (nSPS) is 12.5. The van der Waals surface area contributed by atoms with Crippen LogP contribution < -0.4 is 15.4 Å². The molecule has 0 aliphatic heterocycles. The molecule has 0 saturated heterocycles. The van der Waals surface area contributed by atoms with Crippen LogP contribution in [-0.2, 0) is 10.0 Å². The summed E-state index contributed by atoms with van der Waals surface area (Å²) in [5, 5.41) is 4.72. The third kappa shape index (κ3) is 3.85. The summed E-state index contributed by atoms with van der Waals surface area (Å²) in [5.74, 6) is -0.917. The van der Waals surface area contributed by atoms with Crippen molar-refractivity contribution in [2.75, 3.05) is 0 Å². The first-order valence-electron chi connectivity index (χ1n) is 3.72. The van der Waals surface area contributed by atoms with Crippen molar-refractivity contribution in [1.82, 2.24) is 4.98 Å². The van der Waals surface area contributed by atoms with Crippen LogP contribution in [0.15, 0.2) is 15.8 Å². The molecule has 1 rings (SSSR count). The number of ether oxygens (including phenoxy) is 1. The molecule has 0 saturated carbocycles. The molecule has 1 aromatic rings. The number of rotatable bonds is 2. The zero-order valence-electron chi connectivity index (χ0n) is 7.71. The standard InChI is InChI=1S/C6H4F3IN2O4S/c7-6(8,9)16-3-1-2(10)4(5(13)12-3)17(11,14)15/h1H,(H,12,13)(H2,11,14,15). The lowest BCUT2D eigenvalue weighted by Gasteiger charge is -2.09. The lowest BCUT2D eigenvalue weighted by molar-refractivity contribution is -0.276. The zero-order valence-corrected chi connectivity index (χ0v) is 10.7. The van der Waals surface area contributed by atoms with Crippen LogP contribution >= 0.6 is 22.6 Å². The van der Waals surface area contributed by atoms with Gasteiger partial charge >= 0.3 is 6.36 Å². The molecular weight excluding hydrogens is 380 g/mol. The lowest BCUT2D eigenvalue weighted by Crippen LogP contribution is -2.27. The molecule has 0 spiro atoms. The first-order valence-corrected chi connectivity index (χ1v) is 6.34. The van der Waals surface area contributed by atoms with Crippen molar-refractivity contribution in [3.63, 3.8) is 0 Å². The minimum absolute atomic E-state index is 0.270. The van der Waals surface area contributed by atoms with Gasteiger partial charge in [-0.2, -0.15) is 0 Å². The number of H-pyrrole nitrogens is 1. The fraction of sp³-hybridized carbons (Fsp3) is 0.167. The van der Waals surface area contributed by atoms with Crippen LogP contribution in [0.3, 0.4) is 0 Å². The zero-order chi connectivity index (χ0) is 13.4. The first-order chi connectivity index (χ1) is 7.50. The molecule has 11 heteroatoms. The third-order valence-corrected chi connectivity index (χ3v) is 3.62. The number of hydrogen-bond acceptors (Lipinski definition) is 4. The summed E-state index contributed by atoms with van der Waals surface area (Å²) in [6.45, 7) is 0. The van der Waals surface area contributed by atoms with Gasteiger partial charge < -0.3 is 4.74 Å². The number of aromatic nitrogens is 1. The number of pyridine rings is 1. The Bertz CT molecular complexity index is 594. The Hall–Kier alpha value is -0.820. The minimum Gasteiger partial charge on any atom is -0.390 e. The highest BCUT2D eigenvalue weighted by atomic mass is 127. The average Bonchev–Trinajstić information content (AvgIpc) is 1.94. The summed E-state index contributed by atoms with van der Waals surface area (Å²) < 4.78 is 60.6. The van der Waals surface area contributed by atoms with E-state index in [1.54, 1.807) is 4.98 Å². The van der Waals surface area contributed by atoms with Crippen molar-refractivity contribution in [3.05, 3.63) is 20.0 Å². The van der Waals surface area contributed by atoms with E-state index in [0.717, 1.165) is 0 Å². The van der Waals surface area contributed by atoms with Gasteiger partial charge in [-0.1, -0.05) is 0 Å². The Morgan fingerprint density at radius 1 is 1.41 bits per heavy atom. The van der Waals surface area contributed by atoms with Crippen LogP contribution in [0.2, 0.25) is 0 Å². The van der Waals surface area contributed by atoms with E-state index in [9.17, 15) is 26.4 Å². The lowest BCUT2D eigenvalue weighted by atomic mass is 10.5. The van der Waals surface area contributed by atoms with Gasteiger partial charge in [-0.25, -0.2) is 13.6 Å². The van der Waals surface area contributed by atoms with Gasteiger partial charge in [0, 0.05) is 9.64 Å². The molecule has 0 aliphatic rings. The number of aromatic amines is 1. The van der Waals surface area contributed by atoms with E-state index < -0.39 is 32.7 Å². The van der Waals surface area contributed by atoms with Crippen molar-refractivity contribution in [2.24, 2.45) is 5.14 Å². The maximum Gasteiger partial charge on any atom is 0.574 e. The number of alkyl halides is 3. The molecule has 0 bridgehead atoms. The third-order valence-electron chi connectivity index (χ3n) is 1.43. The molecule has 1 heterocycles. The van der Waals surface area contributed by atoms with Gasteiger partial charge in [0.2, 0.25) is 15.9 Å². The Balaban J connectivity index is 3.35. The van der Waals surface area contributed by atoms with E-state index in [1.807, 2.05) is 0 Å². The number of nitrogens with one attached hydrogen (secondary N) is 1. The minimum atomic E-state index is -4.99. The van der Waals surface area contributed by atoms with Gasteiger partial charge in [0.15, 0.2) is 4.90 Å². The number of nitrogens with two attached hydrogens (primary N) is 1. The number of halogens is 4. The van der Waals surface area contributed by atoms with E-state index in [1.165, 1.54) is 22.6 Å². The quantitative estimate of drug-likeness (QED) is 0.727. The predicted octanol–water partition coefficient (Wildman–Crippen LogP) is 0.526. The molecule has 0 atom stereocenters. The van der Waals surface area contributed by atoms with Crippen LogP contribution in [0.5, 0.6) is 5.88 Å². The number of sulfonamides is 1. The topological polar surface area (TPSA) is 102 Å². The summed E-state index contributed by atoms with van der Waals surface area (Å²) in [6.07, 6.45) is -4.99. The van der Waals surface area contributed by atoms with Gasteiger partial charge in [-0.3, -0.25) is 9.78 Å². The number of hydrogen-bond donors (Lipinski definition) is 2. The summed E-state index contributed by atoms with van der Waals surface area (Å²) in [4.78, 5) is 12.0. The molecule has 0 aromatic carbocycles. The van der Waals surface area contributed by atoms with Crippen molar-refractivity contribution in [1.29, 1.82) is 0 Å². The van der Waals surface area contributed by atoms with E-state index >= 15 is 0 Å². The molecule has 6 nitrogen and oxygen atoms in total. The van der Waals surface area contributed by atoms with Gasteiger partial charge in [-0.05, 0) is 22.6 Å². The largest absolute Gasteiger partial charge is 0.574 e. The summed E-state index contributed by atoms with van der Waals surface area (Å²) in [5.41, 5.74) is -1.28. The second-order valence-electron chi connectivity index (χ2n) is 2.73. The maximum atomic E-state index is 11.8. The molecule has 0 unspecified atom stereocenters. The second-order valence-corrected chi connectivity index (χ2v) is 5.39. The molecule has 0 fully saturated rings. The molecule has 1 aromatic heterocycles. The monoisotopic (exact) mass is 384 g/mol. The van der Waals surface area contributed by atoms with Gasteiger partial charge in [0.1, 0.15) is 0 Å². The summed E-state index contributed by atoms with van der Waals surface area (Å²) in [6, 6.07) is 0.704. The first kappa shape index (κ1) is 14.2. The van der Waals surface area contributed by atoms with E-state index in [-0.39, 0.29) is 3.57 Å². The van der Waals surface area contributed by atoms with Crippen molar-refractivity contribution >= 4 is 32.6 Å². The molecule has 3 N–H and O–H groups in total. The smallest absolute Gasteiger partial charge is 0.390 e. The highest BCUT2D eigenvalue weighted by Gasteiger charge is 2.32. The van der Waals surface area contributed by atoms with Crippen LogP contribution in [0.1, 0.15) is 0 Å². The molecular formula is C6H4F3IN2O4S.